The first-order chi connectivity index (χ1) is 16.0. The number of nitrogens with one attached hydrogen (secondary N) is 1. The molecule has 0 saturated carbocycles. The smallest absolute Gasteiger partial charge is 0.310 e. The molecule has 0 saturated heterocycles. The summed E-state index contributed by atoms with van der Waals surface area (Å²) in [5.41, 5.74) is 3.81. The molecule has 2 aromatic carbocycles. The maximum absolute atomic E-state index is 13.2. The fourth-order valence-corrected chi connectivity index (χ4v) is 3.41. The molecule has 4 rings (SSSR count). The highest BCUT2D eigenvalue weighted by molar-refractivity contribution is 5.93. The average Bonchev–Trinajstić information content (AvgIpc) is 3.48. The Balaban J connectivity index is 1.51. The number of amides is 1. The molecular weight excluding hydrogens is 422 g/mol. The van der Waals surface area contributed by atoms with E-state index in [4.69, 9.17) is 9.15 Å². The summed E-state index contributed by atoms with van der Waals surface area (Å²) in [6.45, 7) is 1.65. The molecule has 172 valence electrons. The molecule has 0 spiro atoms. The lowest BCUT2D eigenvalue weighted by Gasteiger charge is -2.20. The van der Waals surface area contributed by atoms with E-state index in [1.807, 2.05) is 61.5 Å². The first-order valence-corrected chi connectivity index (χ1v) is 10.7. The molecular formula is C24H27N5O4. The standard InChI is InChI=1S/C24H27N5O4/c1-28(2)9-11-32-20-5-3-4-17(12-20)16-29(8-10-30)24(31)23-27-21-7-6-18(13-22(21)33-23)19-14-25-26-15-19/h3-7,12-15,30H,8-11,16H2,1-2H3,(H,25,26). The molecule has 0 aliphatic heterocycles. The van der Waals surface area contributed by atoms with E-state index in [1.165, 1.54) is 4.90 Å². The number of hydrogen-bond acceptors (Lipinski definition) is 7. The highest BCUT2D eigenvalue weighted by Crippen LogP contribution is 2.25. The molecule has 0 aliphatic rings. The number of aliphatic hydroxyl groups excluding tert-OH is 1. The van der Waals surface area contributed by atoms with E-state index in [-0.39, 0.29) is 24.9 Å². The van der Waals surface area contributed by atoms with Crippen molar-refractivity contribution in [1.29, 1.82) is 0 Å². The van der Waals surface area contributed by atoms with Gasteiger partial charge in [0.2, 0.25) is 0 Å². The normalized spacial score (nSPS) is 11.3. The van der Waals surface area contributed by atoms with Crippen LogP contribution in [0.3, 0.4) is 0 Å². The summed E-state index contributed by atoms with van der Waals surface area (Å²) in [5, 5.41) is 16.3. The number of ether oxygens (including phenoxy) is 1. The van der Waals surface area contributed by atoms with Crippen molar-refractivity contribution in [3.05, 3.63) is 66.3 Å². The minimum Gasteiger partial charge on any atom is -0.492 e. The lowest BCUT2D eigenvalue weighted by Crippen LogP contribution is -2.33. The molecule has 0 atom stereocenters. The summed E-state index contributed by atoms with van der Waals surface area (Å²) >= 11 is 0. The van der Waals surface area contributed by atoms with Crippen LogP contribution in [0.2, 0.25) is 0 Å². The monoisotopic (exact) mass is 449 g/mol. The van der Waals surface area contributed by atoms with E-state index in [0.29, 0.717) is 24.3 Å². The van der Waals surface area contributed by atoms with Crippen LogP contribution in [0.15, 0.2) is 59.3 Å². The Morgan fingerprint density at radius 1 is 1.15 bits per heavy atom. The molecule has 33 heavy (non-hydrogen) atoms. The molecule has 0 radical (unpaired) electrons. The molecule has 9 heteroatoms. The van der Waals surface area contributed by atoms with E-state index in [2.05, 4.69) is 15.2 Å². The number of hydrogen-bond donors (Lipinski definition) is 2. The summed E-state index contributed by atoms with van der Waals surface area (Å²) < 4.78 is 11.6. The van der Waals surface area contributed by atoms with E-state index in [1.54, 1.807) is 12.4 Å². The van der Waals surface area contributed by atoms with Gasteiger partial charge in [-0.1, -0.05) is 18.2 Å². The van der Waals surface area contributed by atoms with Crippen LogP contribution in [0, 0.1) is 0 Å². The molecule has 2 heterocycles. The van der Waals surface area contributed by atoms with E-state index < -0.39 is 0 Å². The van der Waals surface area contributed by atoms with Crippen LogP contribution in [0.25, 0.3) is 22.2 Å². The van der Waals surface area contributed by atoms with Gasteiger partial charge in [0.1, 0.15) is 17.9 Å². The minimum atomic E-state index is -0.385. The van der Waals surface area contributed by atoms with Crippen LogP contribution in [-0.4, -0.2) is 76.4 Å². The van der Waals surface area contributed by atoms with Gasteiger partial charge < -0.3 is 24.1 Å². The van der Waals surface area contributed by atoms with Crippen molar-refractivity contribution in [3.8, 4) is 16.9 Å². The van der Waals surface area contributed by atoms with Gasteiger partial charge in [-0.2, -0.15) is 5.10 Å². The summed E-state index contributed by atoms with van der Waals surface area (Å²) in [7, 11) is 3.98. The minimum absolute atomic E-state index is 0.0128. The third-order valence-corrected chi connectivity index (χ3v) is 5.14. The van der Waals surface area contributed by atoms with Crippen molar-refractivity contribution in [2.24, 2.45) is 0 Å². The highest BCUT2D eigenvalue weighted by Gasteiger charge is 2.22. The van der Waals surface area contributed by atoms with Crippen LogP contribution < -0.4 is 4.74 Å². The Morgan fingerprint density at radius 2 is 2.03 bits per heavy atom. The zero-order chi connectivity index (χ0) is 23.2. The Kier molecular flexibility index (Phi) is 7.01. The van der Waals surface area contributed by atoms with Crippen molar-refractivity contribution in [1.82, 2.24) is 25.0 Å². The van der Waals surface area contributed by atoms with Gasteiger partial charge in [0.05, 0.1) is 12.8 Å². The Morgan fingerprint density at radius 3 is 2.79 bits per heavy atom. The first kappa shape index (κ1) is 22.5. The molecule has 9 nitrogen and oxygen atoms in total. The van der Waals surface area contributed by atoms with Gasteiger partial charge in [0.15, 0.2) is 5.58 Å². The van der Waals surface area contributed by atoms with Gasteiger partial charge in [0, 0.05) is 31.4 Å². The van der Waals surface area contributed by atoms with Crippen LogP contribution in [0.4, 0.5) is 0 Å². The second kappa shape index (κ2) is 10.3. The number of likely N-dealkylation sites (N-methyl/N-ethyl adjacent to an activating group) is 1. The SMILES string of the molecule is CN(C)CCOc1cccc(CN(CCO)C(=O)c2nc3ccc(-c4cn[nH]c4)cc3o2)c1. The predicted octanol–water partition coefficient (Wildman–Crippen LogP) is 2.79. The van der Waals surface area contributed by atoms with Gasteiger partial charge >= 0.3 is 5.91 Å². The lowest BCUT2D eigenvalue weighted by molar-refractivity contribution is 0.0670. The van der Waals surface area contributed by atoms with Crippen LogP contribution in [0.1, 0.15) is 16.2 Å². The van der Waals surface area contributed by atoms with Gasteiger partial charge in [-0.25, -0.2) is 4.98 Å². The number of fused-ring (bicyclic) bond motifs is 1. The van der Waals surface area contributed by atoms with Crippen molar-refractivity contribution < 1.29 is 19.1 Å². The van der Waals surface area contributed by atoms with Crippen LogP contribution >= 0.6 is 0 Å². The molecule has 0 unspecified atom stereocenters. The number of aromatic amines is 1. The van der Waals surface area contributed by atoms with E-state index in [9.17, 15) is 9.90 Å². The second-order valence-corrected chi connectivity index (χ2v) is 7.94. The largest absolute Gasteiger partial charge is 0.492 e. The number of H-pyrrole nitrogens is 1. The topological polar surface area (TPSA) is 108 Å². The van der Waals surface area contributed by atoms with Gasteiger partial charge in [-0.15, -0.1) is 0 Å². The summed E-state index contributed by atoms with van der Waals surface area (Å²) in [5.74, 6) is 0.338. The molecule has 2 aromatic heterocycles. The van der Waals surface area contributed by atoms with E-state index in [0.717, 1.165) is 29.0 Å². The number of nitrogens with zero attached hydrogens (tertiary/aromatic N) is 4. The quantitative estimate of drug-likeness (QED) is 0.383. The fourth-order valence-electron chi connectivity index (χ4n) is 3.41. The summed E-state index contributed by atoms with van der Waals surface area (Å²) in [4.78, 5) is 21.1. The Hall–Kier alpha value is -3.69. The number of aromatic nitrogens is 3. The maximum Gasteiger partial charge on any atom is 0.310 e. The summed E-state index contributed by atoms with van der Waals surface area (Å²) in [6.07, 6.45) is 3.50. The number of oxazole rings is 1. The van der Waals surface area contributed by atoms with E-state index >= 15 is 0 Å². The van der Waals surface area contributed by atoms with Gasteiger partial charge in [-0.05, 0) is 49.5 Å². The second-order valence-electron chi connectivity index (χ2n) is 7.94. The zero-order valence-electron chi connectivity index (χ0n) is 18.7. The molecule has 4 aromatic rings. The molecule has 1 amide bonds. The highest BCUT2D eigenvalue weighted by atomic mass is 16.5. The third kappa shape index (κ3) is 5.57. The van der Waals surface area contributed by atoms with Crippen molar-refractivity contribution in [3.63, 3.8) is 0 Å². The number of carbonyl (C=O) groups excluding carboxylic acids is 1. The number of benzene rings is 2. The maximum atomic E-state index is 13.2. The summed E-state index contributed by atoms with van der Waals surface area (Å²) in [6, 6.07) is 13.1. The number of aliphatic hydroxyl groups is 1. The fraction of sp³-hybridized carbons (Fsp3) is 0.292. The van der Waals surface area contributed by atoms with Crippen molar-refractivity contribution in [2.45, 2.75) is 6.54 Å². The Bertz CT molecular complexity index is 1200. The molecule has 0 bridgehead atoms. The first-order valence-electron chi connectivity index (χ1n) is 10.7. The zero-order valence-corrected chi connectivity index (χ0v) is 18.7. The molecule has 2 N–H and O–H groups in total. The lowest BCUT2D eigenvalue weighted by atomic mass is 10.1. The van der Waals surface area contributed by atoms with Crippen LogP contribution in [0.5, 0.6) is 5.75 Å². The van der Waals surface area contributed by atoms with Crippen LogP contribution in [-0.2, 0) is 6.54 Å². The van der Waals surface area contributed by atoms with Crippen molar-refractivity contribution in [2.75, 3.05) is 40.4 Å². The van der Waals surface area contributed by atoms with Crippen molar-refractivity contribution >= 4 is 17.0 Å². The molecule has 0 aliphatic carbocycles. The number of carbonyl (C=O) groups is 1. The third-order valence-electron chi connectivity index (χ3n) is 5.14. The number of rotatable bonds is 10. The molecule has 0 fully saturated rings. The Labute approximate surface area is 191 Å². The van der Waals surface area contributed by atoms with Gasteiger partial charge in [0.25, 0.3) is 5.89 Å². The average molecular weight is 450 g/mol. The predicted molar refractivity (Wildman–Crippen MR) is 124 cm³/mol. The van der Waals surface area contributed by atoms with Gasteiger partial charge in [-0.3, -0.25) is 9.89 Å².